The maximum atomic E-state index is 14.0. The van der Waals surface area contributed by atoms with E-state index in [4.69, 9.17) is 0 Å². The molecule has 3 aliphatic heterocycles. The highest BCUT2D eigenvalue weighted by molar-refractivity contribution is 5.75. The predicted molar refractivity (Wildman–Crippen MR) is 160 cm³/mol. The van der Waals surface area contributed by atoms with Gasteiger partial charge >= 0.3 is 18.4 Å². The molecule has 0 saturated carbocycles. The SMILES string of the molecule is C=C1C(CN2CCN(C(C)=O)CC2)CC2C(c3ccccc3C)N(C(=O)N(C)Cc3cc(C(F)(F)F)cc(C(F)(F)F)c3)CCN12. The van der Waals surface area contributed by atoms with E-state index in [9.17, 15) is 35.9 Å². The summed E-state index contributed by atoms with van der Waals surface area (Å²) in [6.45, 7) is 12.0. The summed E-state index contributed by atoms with van der Waals surface area (Å²) in [5, 5.41) is 0. The van der Waals surface area contributed by atoms with E-state index >= 15 is 0 Å². The number of hydrogen-bond donors (Lipinski definition) is 0. The minimum Gasteiger partial charge on any atom is -0.368 e. The fourth-order valence-electron chi connectivity index (χ4n) is 7.09. The Morgan fingerprint density at radius 2 is 1.52 bits per heavy atom. The third kappa shape index (κ3) is 6.98. The molecule has 250 valence electrons. The molecule has 5 rings (SSSR count). The number of piperazine rings is 2. The van der Waals surface area contributed by atoms with Crippen molar-refractivity contribution in [2.75, 3.05) is 52.9 Å². The lowest BCUT2D eigenvalue weighted by Crippen LogP contribution is -2.56. The number of rotatable bonds is 5. The number of alkyl halides is 6. The number of fused-ring (bicyclic) bond motifs is 1. The standard InChI is InChI=1S/C33H39F6N5O2/c1-21-7-5-6-8-28(21)30-29-17-25(20-41-9-11-42(12-10-41)23(3)45)22(2)43(29)13-14-44(30)31(46)40(4)19-24-15-26(32(34,35)36)18-27(16-24)33(37,38)39/h5-8,15-16,18,25,29-30H,2,9-14,17,19-20H2,1,3-4H3. The zero-order valence-corrected chi connectivity index (χ0v) is 26.2. The smallest absolute Gasteiger partial charge is 0.368 e. The Kier molecular flexibility index (Phi) is 9.36. The van der Waals surface area contributed by atoms with Crippen LogP contribution in [-0.2, 0) is 23.7 Å². The van der Waals surface area contributed by atoms with E-state index in [1.54, 1.807) is 11.8 Å². The van der Waals surface area contributed by atoms with Gasteiger partial charge in [-0.25, -0.2) is 4.79 Å². The molecule has 3 unspecified atom stereocenters. The number of amides is 3. The van der Waals surface area contributed by atoms with Gasteiger partial charge in [0.25, 0.3) is 0 Å². The first-order valence-electron chi connectivity index (χ1n) is 15.3. The van der Waals surface area contributed by atoms with Crippen molar-refractivity contribution in [3.05, 3.63) is 82.6 Å². The molecular weight excluding hydrogens is 612 g/mol. The first-order valence-corrected chi connectivity index (χ1v) is 15.3. The van der Waals surface area contributed by atoms with Crippen LogP contribution in [0.1, 0.15) is 47.2 Å². The van der Waals surface area contributed by atoms with Gasteiger partial charge in [0.05, 0.1) is 23.2 Å². The number of nitrogens with zero attached hydrogens (tertiary/aromatic N) is 5. The van der Waals surface area contributed by atoms with E-state index in [1.165, 1.54) is 11.9 Å². The second kappa shape index (κ2) is 12.8. The lowest BCUT2D eigenvalue weighted by Gasteiger charge is -2.47. The molecule has 0 N–H and O–H groups in total. The lowest BCUT2D eigenvalue weighted by molar-refractivity contribution is -0.143. The normalized spacial score (nSPS) is 22.7. The molecule has 13 heteroatoms. The Hall–Kier alpha value is -3.74. The average Bonchev–Trinajstić information content (AvgIpc) is 3.30. The van der Waals surface area contributed by atoms with Crippen LogP contribution in [0.4, 0.5) is 31.1 Å². The summed E-state index contributed by atoms with van der Waals surface area (Å²) in [7, 11) is 1.40. The van der Waals surface area contributed by atoms with E-state index in [2.05, 4.69) is 16.4 Å². The van der Waals surface area contributed by atoms with Gasteiger partial charge in [-0.1, -0.05) is 30.8 Å². The summed E-state index contributed by atoms with van der Waals surface area (Å²) in [4.78, 5) is 35.1. The molecule has 0 radical (unpaired) electrons. The van der Waals surface area contributed by atoms with Crippen LogP contribution in [0.25, 0.3) is 0 Å². The van der Waals surface area contributed by atoms with E-state index < -0.39 is 42.1 Å². The first kappa shape index (κ1) is 33.6. The number of hydrogen-bond acceptors (Lipinski definition) is 4. The third-order valence-electron chi connectivity index (χ3n) is 9.49. The molecule has 0 aromatic heterocycles. The fraction of sp³-hybridized carbons (Fsp3) is 0.515. The Balaban J connectivity index is 1.39. The van der Waals surface area contributed by atoms with Crippen molar-refractivity contribution < 1.29 is 35.9 Å². The maximum Gasteiger partial charge on any atom is 0.416 e. The fourth-order valence-corrected chi connectivity index (χ4v) is 7.09. The number of carbonyl (C=O) groups is 2. The average molecular weight is 652 g/mol. The molecule has 3 aliphatic rings. The quantitative estimate of drug-likeness (QED) is 0.372. The van der Waals surface area contributed by atoms with Crippen LogP contribution in [0.5, 0.6) is 0 Å². The second-order valence-electron chi connectivity index (χ2n) is 12.5. The van der Waals surface area contributed by atoms with Gasteiger partial charge in [-0.2, -0.15) is 26.3 Å². The minimum absolute atomic E-state index is 0.0618. The summed E-state index contributed by atoms with van der Waals surface area (Å²) in [6, 6.07) is 8.13. The van der Waals surface area contributed by atoms with Crippen LogP contribution in [0.15, 0.2) is 54.7 Å². The van der Waals surface area contributed by atoms with Crippen molar-refractivity contribution >= 4 is 11.9 Å². The van der Waals surface area contributed by atoms with E-state index in [1.807, 2.05) is 36.1 Å². The molecule has 2 aromatic carbocycles. The minimum atomic E-state index is -4.98. The monoisotopic (exact) mass is 651 g/mol. The number of urea groups is 1. The Morgan fingerprint density at radius 3 is 2.09 bits per heavy atom. The lowest BCUT2D eigenvalue weighted by atomic mass is 9.89. The van der Waals surface area contributed by atoms with Crippen LogP contribution in [-0.4, -0.2) is 95.3 Å². The van der Waals surface area contributed by atoms with Gasteiger partial charge in [-0.05, 0) is 48.2 Å². The highest BCUT2D eigenvalue weighted by Crippen LogP contribution is 2.45. The third-order valence-corrected chi connectivity index (χ3v) is 9.49. The molecule has 46 heavy (non-hydrogen) atoms. The Morgan fingerprint density at radius 1 is 0.913 bits per heavy atom. The van der Waals surface area contributed by atoms with Gasteiger partial charge in [0, 0.05) is 77.9 Å². The highest BCUT2D eigenvalue weighted by atomic mass is 19.4. The van der Waals surface area contributed by atoms with Crippen LogP contribution < -0.4 is 0 Å². The maximum absolute atomic E-state index is 14.0. The molecule has 3 heterocycles. The zero-order valence-electron chi connectivity index (χ0n) is 26.2. The van der Waals surface area contributed by atoms with Crippen LogP contribution in [0, 0.1) is 12.8 Å². The van der Waals surface area contributed by atoms with Crippen LogP contribution in [0.3, 0.4) is 0 Å². The summed E-state index contributed by atoms with van der Waals surface area (Å²) < 4.78 is 81.0. The van der Waals surface area contributed by atoms with Gasteiger partial charge in [0.2, 0.25) is 5.91 Å². The molecule has 3 atom stereocenters. The highest BCUT2D eigenvalue weighted by Gasteiger charge is 2.48. The van der Waals surface area contributed by atoms with Crippen molar-refractivity contribution in [1.29, 1.82) is 0 Å². The first-order chi connectivity index (χ1) is 21.5. The van der Waals surface area contributed by atoms with Crippen molar-refractivity contribution in [2.24, 2.45) is 5.92 Å². The van der Waals surface area contributed by atoms with Crippen molar-refractivity contribution in [2.45, 2.75) is 51.2 Å². The van der Waals surface area contributed by atoms with Gasteiger partial charge < -0.3 is 19.6 Å². The molecule has 0 bridgehead atoms. The van der Waals surface area contributed by atoms with Crippen molar-refractivity contribution in [1.82, 2.24) is 24.5 Å². The Bertz CT molecular complexity index is 1440. The second-order valence-corrected chi connectivity index (χ2v) is 12.5. The molecule has 3 amide bonds. The van der Waals surface area contributed by atoms with Crippen molar-refractivity contribution in [3.63, 3.8) is 0 Å². The Labute approximate surface area is 265 Å². The zero-order chi connectivity index (χ0) is 33.6. The van der Waals surface area contributed by atoms with E-state index in [0.717, 1.165) is 42.9 Å². The summed E-state index contributed by atoms with van der Waals surface area (Å²) in [5.41, 5.74) is -0.201. The molecule has 3 fully saturated rings. The number of carbonyl (C=O) groups excluding carboxylic acids is 2. The molecule has 0 spiro atoms. The molecule has 7 nitrogen and oxygen atoms in total. The summed E-state index contributed by atoms with van der Waals surface area (Å²) in [6.07, 6.45) is -9.23. The number of aryl methyl sites for hydroxylation is 1. The largest absolute Gasteiger partial charge is 0.416 e. The van der Waals surface area contributed by atoms with Gasteiger partial charge in [0.1, 0.15) is 0 Å². The predicted octanol–water partition coefficient (Wildman–Crippen LogP) is 6.01. The number of benzene rings is 2. The molecule has 0 aliphatic carbocycles. The van der Waals surface area contributed by atoms with E-state index in [-0.39, 0.29) is 29.5 Å². The van der Waals surface area contributed by atoms with Crippen molar-refractivity contribution in [3.8, 4) is 0 Å². The van der Waals surface area contributed by atoms with E-state index in [0.29, 0.717) is 38.3 Å². The van der Waals surface area contributed by atoms with Gasteiger partial charge in [-0.3, -0.25) is 9.69 Å². The van der Waals surface area contributed by atoms with Crippen LogP contribution >= 0.6 is 0 Å². The topological polar surface area (TPSA) is 50.3 Å². The molecule has 3 saturated heterocycles. The molecule has 2 aromatic rings. The summed E-state index contributed by atoms with van der Waals surface area (Å²) >= 11 is 0. The number of halogens is 6. The summed E-state index contributed by atoms with van der Waals surface area (Å²) in [5.74, 6) is 0.186. The van der Waals surface area contributed by atoms with Gasteiger partial charge in [-0.15, -0.1) is 0 Å². The van der Waals surface area contributed by atoms with Crippen LogP contribution in [0.2, 0.25) is 0 Å². The van der Waals surface area contributed by atoms with Gasteiger partial charge in [0.15, 0.2) is 0 Å². The molecular formula is C33H39F6N5O2.